The van der Waals surface area contributed by atoms with Crippen molar-refractivity contribution in [3.8, 4) is 11.5 Å². The zero-order valence-corrected chi connectivity index (χ0v) is 18.1. The van der Waals surface area contributed by atoms with Crippen LogP contribution in [-0.2, 0) is 6.61 Å². The van der Waals surface area contributed by atoms with E-state index in [1.54, 1.807) is 37.6 Å². The summed E-state index contributed by atoms with van der Waals surface area (Å²) in [5, 5.41) is 15.4. The van der Waals surface area contributed by atoms with E-state index in [0.717, 1.165) is 21.8 Å². The summed E-state index contributed by atoms with van der Waals surface area (Å²) >= 11 is 9.40. The van der Waals surface area contributed by atoms with Crippen LogP contribution in [0.1, 0.15) is 11.1 Å². The van der Waals surface area contributed by atoms with Gasteiger partial charge in [-0.3, -0.25) is 15.5 Å². The van der Waals surface area contributed by atoms with Gasteiger partial charge in [-0.25, -0.2) is 4.98 Å². The zero-order chi connectivity index (χ0) is 21.5. The number of halogens is 2. The lowest BCUT2D eigenvalue weighted by Gasteiger charge is -2.13. The SMILES string of the molecule is COc1cc(/C=N/Nc2ccc([N+](=O)[O-])cn2)c(Br)cc1OCc1ccc(Cl)cc1. The van der Waals surface area contributed by atoms with Crippen molar-refractivity contribution < 1.29 is 14.4 Å². The largest absolute Gasteiger partial charge is 0.493 e. The topological polar surface area (TPSA) is 98.9 Å². The Morgan fingerprint density at radius 2 is 2.00 bits per heavy atom. The van der Waals surface area contributed by atoms with Crippen LogP contribution in [0.2, 0.25) is 5.02 Å². The second-order valence-corrected chi connectivity index (χ2v) is 7.26. The summed E-state index contributed by atoms with van der Waals surface area (Å²) in [4.78, 5) is 14.1. The number of hydrazone groups is 1. The number of aromatic nitrogens is 1. The van der Waals surface area contributed by atoms with E-state index < -0.39 is 4.92 Å². The molecule has 1 heterocycles. The van der Waals surface area contributed by atoms with E-state index in [9.17, 15) is 10.1 Å². The Morgan fingerprint density at radius 1 is 1.23 bits per heavy atom. The van der Waals surface area contributed by atoms with E-state index in [1.165, 1.54) is 12.1 Å². The Kier molecular flexibility index (Phi) is 7.21. The quantitative estimate of drug-likeness (QED) is 0.256. The highest BCUT2D eigenvalue weighted by atomic mass is 79.9. The van der Waals surface area contributed by atoms with E-state index in [0.29, 0.717) is 28.9 Å². The van der Waals surface area contributed by atoms with Gasteiger partial charge in [0.05, 0.1) is 18.2 Å². The Bertz CT molecular complexity index is 1060. The first kappa shape index (κ1) is 21.5. The number of hydrogen-bond donors (Lipinski definition) is 1. The molecule has 154 valence electrons. The van der Waals surface area contributed by atoms with Gasteiger partial charge >= 0.3 is 0 Å². The summed E-state index contributed by atoms with van der Waals surface area (Å²) in [6.07, 6.45) is 2.72. The molecule has 30 heavy (non-hydrogen) atoms. The fraction of sp³-hybridized carbons (Fsp3) is 0.100. The average molecular weight is 492 g/mol. The maximum atomic E-state index is 10.7. The van der Waals surface area contributed by atoms with Crippen LogP contribution in [0.15, 0.2) is 64.3 Å². The van der Waals surface area contributed by atoms with Crippen LogP contribution in [0.5, 0.6) is 11.5 Å². The number of rotatable bonds is 8. The summed E-state index contributed by atoms with van der Waals surface area (Å²) in [5.41, 5.74) is 4.34. The molecule has 0 radical (unpaired) electrons. The smallest absolute Gasteiger partial charge is 0.287 e. The lowest BCUT2D eigenvalue weighted by Crippen LogP contribution is -2.00. The Hall–Kier alpha value is -3.17. The molecule has 1 N–H and O–H groups in total. The van der Waals surface area contributed by atoms with Gasteiger partial charge in [-0.05, 0) is 51.8 Å². The van der Waals surface area contributed by atoms with Gasteiger partial charge in [0.25, 0.3) is 5.69 Å². The van der Waals surface area contributed by atoms with E-state index in [2.05, 4.69) is 31.4 Å². The van der Waals surface area contributed by atoms with E-state index >= 15 is 0 Å². The molecular formula is C20H16BrClN4O4. The number of ether oxygens (including phenoxy) is 2. The first-order valence-electron chi connectivity index (χ1n) is 8.60. The van der Waals surface area contributed by atoms with Gasteiger partial charge in [-0.2, -0.15) is 5.10 Å². The number of benzene rings is 2. The van der Waals surface area contributed by atoms with E-state index in [4.69, 9.17) is 21.1 Å². The molecule has 1 aromatic heterocycles. The number of pyridine rings is 1. The number of methoxy groups -OCH3 is 1. The van der Waals surface area contributed by atoms with Crippen molar-refractivity contribution in [3.05, 3.63) is 85.5 Å². The molecule has 0 atom stereocenters. The van der Waals surface area contributed by atoms with Gasteiger partial charge in [0.1, 0.15) is 18.6 Å². The molecule has 0 bridgehead atoms. The minimum Gasteiger partial charge on any atom is -0.493 e. The second kappa shape index (κ2) is 10.0. The highest BCUT2D eigenvalue weighted by Crippen LogP contribution is 2.33. The van der Waals surface area contributed by atoms with Crippen molar-refractivity contribution in [1.82, 2.24) is 4.98 Å². The summed E-state index contributed by atoms with van der Waals surface area (Å²) in [5.74, 6) is 1.49. The third-order valence-electron chi connectivity index (χ3n) is 3.93. The van der Waals surface area contributed by atoms with Gasteiger partial charge in [-0.15, -0.1) is 0 Å². The first-order chi connectivity index (χ1) is 14.5. The molecule has 0 aliphatic heterocycles. The predicted molar refractivity (Wildman–Crippen MR) is 119 cm³/mol. The van der Waals surface area contributed by atoms with Crippen molar-refractivity contribution in [2.24, 2.45) is 5.10 Å². The molecule has 0 saturated heterocycles. The molecule has 0 aliphatic rings. The van der Waals surface area contributed by atoms with Gasteiger partial charge in [0, 0.05) is 21.1 Å². The van der Waals surface area contributed by atoms with Crippen LogP contribution < -0.4 is 14.9 Å². The summed E-state index contributed by atoms with van der Waals surface area (Å²) in [7, 11) is 1.55. The minimum absolute atomic E-state index is 0.0915. The van der Waals surface area contributed by atoms with Crippen molar-refractivity contribution >= 4 is 45.3 Å². The third kappa shape index (κ3) is 5.68. The van der Waals surface area contributed by atoms with Crippen LogP contribution in [0, 0.1) is 10.1 Å². The van der Waals surface area contributed by atoms with Gasteiger partial charge in [0.15, 0.2) is 11.5 Å². The van der Waals surface area contributed by atoms with Crippen LogP contribution in [-0.4, -0.2) is 23.2 Å². The molecule has 8 nitrogen and oxygen atoms in total. The summed E-state index contributed by atoms with van der Waals surface area (Å²) < 4.78 is 12.0. The lowest BCUT2D eigenvalue weighted by atomic mass is 10.2. The standard InChI is InChI=1S/C20H16BrClN4O4/c1-29-18-8-14(10-24-25-20-7-6-16(11-23-20)26(27)28)17(21)9-19(18)30-12-13-2-4-15(22)5-3-13/h2-11H,12H2,1H3,(H,23,25)/b24-10+. The van der Waals surface area contributed by atoms with Crippen LogP contribution in [0.3, 0.4) is 0 Å². The highest BCUT2D eigenvalue weighted by molar-refractivity contribution is 9.10. The fourth-order valence-corrected chi connectivity index (χ4v) is 2.94. The van der Waals surface area contributed by atoms with Crippen molar-refractivity contribution in [3.63, 3.8) is 0 Å². The Morgan fingerprint density at radius 3 is 2.63 bits per heavy atom. The lowest BCUT2D eigenvalue weighted by molar-refractivity contribution is -0.385. The average Bonchev–Trinajstić information content (AvgIpc) is 2.75. The molecule has 3 aromatic rings. The Balaban J connectivity index is 1.68. The molecule has 2 aromatic carbocycles. The van der Waals surface area contributed by atoms with E-state index in [1.807, 2.05) is 12.1 Å². The van der Waals surface area contributed by atoms with Crippen molar-refractivity contribution in [2.75, 3.05) is 12.5 Å². The molecular weight excluding hydrogens is 476 g/mol. The molecule has 0 unspecified atom stereocenters. The zero-order valence-electron chi connectivity index (χ0n) is 15.7. The van der Waals surface area contributed by atoms with Crippen molar-refractivity contribution in [2.45, 2.75) is 6.61 Å². The van der Waals surface area contributed by atoms with Crippen molar-refractivity contribution in [1.29, 1.82) is 0 Å². The maximum absolute atomic E-state index is 10.7. The van der Waals surface area contributed by atoms with E-state index in [-0.39, 0.29) is 5.69 Å². The van der Waals surface area contributed by atoms with Crippen LogP contribution in [0.4, 0.5) is 11.5 Å². The maximum Gasteiger partial charge on any atom is 0.287 e. The molecule has 0 spiro atoms. The van der Waals surface area contributed by atoms with Gasteiger partial charge in [0.2, 0.25) is 0 Å². The summed E-state index contributed by atoms with van der Waals surface area (Å²) in [6, 6.07) is 13.8. The highest BCUT2D eigenvalue weighted by Gasteiger charge is 2.10. The minimum atomic E-state index is -0.514. The number of anilines is 1. The first-order valence-corrected chi connectivity index (χ1v) is 9.77. The monoisotopic (exact) mass is 490 g/mol. The fourth-order valence-electron chi connectivity index (χ4n) is 2.39. The Labute approximate surface area is 185 Å². The number of nitro groups is 1. The molecule has 0 amide bonds. The number of hydrogen-bond acceptors (Lipinski definition) is 7. The van der Waals surface area contributed by atoms with Gasteiger partial charge < -0.3 is 9.47 Å². The van der Waals surface area contributed by atoms with Crippen LogP contribution in [0.25, 0.3) is 0 Å². The molecule has 0 fully saturated rings. The second-order valence-electron chi connectivity index (χ2n) is 5.97. The molecule has 0 aliphatic carbocycles. The third-order valence-corrected chi connectivity index (χ3v) is 4.87. The number of nitrogens with zero attached hydrogens (tertiary/aromatic N) is 3. The molecule has 3 rings (SSSR count). The van der Waals surface area contributed by atoms with Gasteiger partial charge in [-0.1, -0.05) is 23.7 Å². The van der Waals surface area contributed by atoms with Crippen LogP contribution >= 0.6 is 27.5 Å². The summed E-state index contributed by atoms with van der Waals surface area (Å²) in [6.45, 7) is 0.362. The molecule has 0 saturated carbocycles. The number of nitrogens with one attached hydrogen (secondary N) is 1. The molecule has 10 heteroatoms. The normalized spacial score (nSPS) is 10.8. The predicted octanol–water partition coefficient (Wildman–Crippen LogP) is 5.44.